The molecule has 0 saturated carbocycles. The number of sulfonamides is 1. The Morgan fingerprint density at radius 2 is 0.974 bits per heavy atom. The lowest BCUT2D eigenvalue weighted by Crippen LogP contribution is -2.31. The molecule has 0 aliphatic carbocycles. The maximum absolute atomic E-state index is 14.3. The summed E-state index contributed by atoms with van der Waals surface area (Å²) < 4.78 is 31.7. The lowest BCUT2D eigenvalue weighted by molar-refractivity contribution is 0.567. The third-order valence-electron chi connectivity index (χ3n) is 7.11. The van der Waals surface area contributed by atoms with Gasteiger partial charge in [0.15, 0.2) is 0 Å². The van der Waals surface area contributed by atoms with Gasteiger partial charge in [0.25, 0.3) is 0 Å². The van der Waals surface area contributed by atoms with Gasteiger partial charge in [0.1, 0.15) is 0 Å². The van der Waals surface area contributed by atoms with Crippen LogP contribution in [0.1, 0.15) is 93.2 Å². The maximum Gasteiger partial charge on any atom is 0.242 e. The molecule has 38 heavy (non-hydrogen) atoms. The molecule has 3 nitrogen and oxygen atoms in total. The fourth-order valence-corrected chi connectivity index (χ4v) is 6.80. The van der Waals surface area contributed by atoms with E-state index < -0.39 is 16.1 Å². The van der Waals surface area contributed by atoms with Crippen molar-refractivity contribution in [3.8, 4) is 11.1 Å². The topological polar surface area (TPSA) is 46.2 Å². The largest absolute Gasteiger partial charge is 0.242 e. The lowest BCUT2D eigenvalue weighted by Gasteiger charge is -2.26. The van der Waals surface area contributed by atoms with Crippen LogP contribution in [-0.4, -0.2) is 8.42 Å². The minimum atomic E-state index is -3.86. The predicted octanol–water partition coefficient (Wildman–Crippen LogP) is 8.79. The van der Waals surface area contributed by atoms with Crippen LogP contribution in [0.4, 0.5) is 0 Å². The van der Waals surface area contributed by atoms with E-state index in [1.165, 1.54) is 5.56 Å². The van der Waals surface area contributed by atoms with Crippen molar-refractivity contribution in [3.05, 3.63) is 125 Å². The molecular formula is C34H39NO2S. The van der Waals surface area contributed by atoms with Crippen molar-refractivity contribution in [2.24, 2.45) is 0 Å². The quantitative estimate of drug-likeness (QED) is 0.237. The average molecular weight is 526 g/mol. The molecule has 4 heteroatoms. The average Bonchev–Trinajstić information content (AvgIpc) is 2.92. The van der Waals surface area contributed by atoms with Gasteiger partial charge >= 0.3 is 0 Å². The second-order valence-electron chi connectivity index (χ2n) is 10.9. The SMILES string of the molecule is CC(C)c1cc(C(C)C)c(S(=O)(=O)NC(c2ccccc2)c2ccc(-c3ccccc3)cc2)c(C(C)C)c1. The Labute approximate surface area is 229 Å². The van der Waals surface area contributed by atoms with Crippen molar-refractivity contribution >= 4 is 10.0 Å². The van der Waals surface area contributed by atoms with Crippen molar-refractivity contribution in [2.45, 2.75) is 70.2 Å². The molecule has 0 fully saturated rings. The van der Waals surface area contributed by atoms with Crippen LogP contribution in [0, 0.1) is 0 Å². The van der Waals surface area contributed by atoms with Gasteiger partial charge in [-0.3, -0.25) is 0 Å². The summed E-state index contributed by atoms with van der Waals surface area (Å²) in [6.45, 7) is 12.6. The number of rotatable bonds is 9. The highest BCUT2D eigenvalue weighted by molar-refractivity contribution is 7.89. The minimum Gasteiger partial charge on any atom is -0.207 e. The second kappa shape index (κ2) is 11.7. The molecule has 0 bridgehead atoms. The molecule has 0 aromatic heterocycles. The minimum absolute atomic E-state index is 0.0677. The van der Waals surface area contributed by atoms with Crippen LogP contribution in [0.2, 0.25) is 0 Å². The number of nitrogens with one attached hydrogen (secondary N) is 1. The van der Waals surface area contributed by atoms with E-state index in [4.69, 9.17) is 0 Å². The first-order valence-corrected chi connectivity index (χ1v) is 15.0. The Kier molecular flexibility index (Phi) is 8.54. The van der Waals surface area contributed by atoms with E-state index in [9.17, 15) is 8.42 Å². The zero-order chi connectivity index (χ0) is 27.4. The van der Waals surface area contributed by atoms with Gasteiger partial charge < -0.3 is 0 Å². The molecule has 198 valence electrons. The zero-order valence-corrected chi connectivity index (χ0v) is 24.1. The summed E-state index contributed by atoms with van der Waals surface area (Å²) in [5, 5.41) is 0. The van der Waals surface area contributed by atoms with Crippen LogP contribution in [0.25, 0.3) is 11.1 Å². The lowest BCUT2D eigenvalue weighted by atomic mass is 9.89. The molecule has 0 heterocycles. The zero-order valence-electron chi connectivity index (χ0n) is 23.3. The van der Waals surface area contributed by atoms with Crippen molar-refractivity contribution < 1.29 is 8.42 Å². The monoisotopic (exact) mass is 525 g/mol. The summed E-state index contributed by atoms with van der Waals surface area (Å²) in [6, 6.07) is 31.8. The number of hydrogen-bond donors (Lipinski definition) is 1. The van der Waals surface area contributed by atoms with Crippen molar-refractivity contribution in [2.75, 3.05) is 0 Å². The van der Waals surface area contributed by atoms with Crippen molar-refractivity contribution in [1.82, 2.24) is 4.72 Å². The number of benzene rings is 4. The Morgan fingerprint density at radius 3 is 1.45 bits per heavy atom. The highest BCUT2D eigenvalue weighted by atomic mass is 32.2. The molecule has 1 atom stereocenters. The van der Waals surface area contributed by atoms with Gasteiger partial charge in [-0.25, -0.2) is 8.42 Å². The Morgan fingerprint density at radius 1 is 0.526 bits per heavy atom. The molecule has 1 N–H and O–H groups in total. The van der Waals surface area contributed by atoms with Crippen molar-refractivity contribution in [1.29, 1.82) is 0 Å². The number of hydrogen-bond acceptors (Lipinski definition) is 2. The Hall–Kier alpha value is -3.21. The molecule has 0 saturated heterocycles. The van der Waals surface area contributed by atoms with E-state index >= 15 is 0 Å². The van der Waals surface area contributed by atoms with E-state index in [1.807, 2.05) is 60.7 Å². The fourth-order valence-electron chi connectivity index (χ4n) is 4.89. The van der Waals surface area contributed by atoms with E-state index in [0.29, 0.717) is 10.8 Å². The predicted molar refractivity (Wildman–Crippen MR) is 159 cm³/mol. The summed E-state index contributed by atoms with van der Waals surface area (Å²) in [7, 11) is -3.86. The smallest absolute Gasteiger partial charge is 0.207 e. The standard InChI is InChI=1S/C34H39NO2S/c1-23(2)30-21-31(24(3)4)34(32(22-30)25(5)6)38(36,37)35-33(28-15-11-8-12-16-28)29-19-17-27(18-20-29)26-13-9-7-10-14-26/h7-25,33,35H,1-6H3. The maximum atomic E-state index is 14.3. The molecule has 0 radical (unpaired) electrons. The summed E-state index contributed by atoms with van der Waals surface area (Å²) in [5.74, 6) is 0.450. The Balaban J connectivity index is 1.82. The van der Waals surface area contributed by atoms with Gasteiger partial charge in [0.05, 0.1) is 10.9 Å². The second-order valence-corrected chi connectivity index (χ2v) is 12.6. The van der Waals surface area contributed by atoms with Gasteiger partial charge in [0.2, 0.25) is 10.0 Å². The van der Waals surface area contributed by atoms with Crippen molar-refractivity contribution in [3.63, 3.8) is 0 Å². The van der Waals surface area contributed by atoms with Gasteiger partial charge in [-0.2, -0.15) is 4.72 Å². The van der Waals surface area contributed by atoms with Crippen LogP contribution in [0.15, 0.2) is 102 Å². The first-order chi connectivity index (χ1) is 18.1. The first-order valence-electron chi connectivity index (χ1n) is 13.5. The molecule has 4 aromatic rings. The van der Waals surface area contributed by atoms with Gasteiger partial charge in [-0.05, 0) is 56.7 Å². The Bertz CT molecular complexity index is 1430. The molecule has 1 unspecified atom stereocenters. The third-order valence-corrected chi connectivity index (χ3v) is 8.66. The molecule has 0 spiro atoms. The molecule has 0 amide bonds. The highest BCUT2D eigenvalue weighted by Crippen LogP contribution is 2.36. The molecule has 0 aliphatic heterocycles. The first kappa shape index (κ1) is 27.8. The van der Waals surface area contributed by atoms with Gasteiger partial charge in [-0.15, -0.1) is 0 Å². The molecule has 4 rings (SSSR count). The summed E-state index contributed by atoms with van der Waals surface area (Å²) in [4.78, 5) is 0.425. The normalized spacial score (nSPS) is 12.9. The highest BCUT2D eigenvalue weighted by Gasteiger charge is 2.30. The van der Waals surface area contributed by atoms with Crippen LogP contribution in [0.3, 0.4) is 0 Å². The van der Waals surface area contributed by atoms with Crippen LogP contribution < -0.4 is 4.72 Å². The van der Waals surface area contributed by atoms with E-state index in [1.54, 1.807) is 0 Å². The van der Waals surface area contributed by atoms with E-state index in [-0.39, 0.29) is 11.8 Å². The summed E-state index contributed by atoms with van der Waals surface area (Å²) >= 11 is 0. The molecule has 4 aromatic carbocycles. The summed E-state index contributed by atoms with van der Waals surface area (Å²) in [6.07, 6.45) is 0. The third kappa shape index (κ3) is 6.09. The van der Waals surface area contributed by atoms with E-state index in [0.717, 1.165) is 33.4 Å². The molecule has 0 aliphatic rings. The van der Waals surface area contributed by atoms with Crippen LogP contribution in [-0.2, 0) is 10.0 Å². The summed E-state index contributed by atoms with van der Waals surface area (Å²) in [5.41, 5.74) is 6.95. The van der Waals surface area contributed by atoms with Gasteiger partial charge in [-0.1, -0.05) is 139 Å². The van der Waals surface area contributed by atoms with Gasteiger partial charge in [0, 0.05) is 0 Å². The van der Waals surface area contributed by atoms with E-state index in [2.05, 4.69) is 82.7 Å². The fraction of sp³-hybridized carbons (Fsp3) is 0.294. The van der Waals surface area contributed by atoms with Crippen LogP contribution >= 0.6 is 0 Å². The van der Waals surface area contributed by atoms with Crippen LogP contribution in [0.5, 0.6) is 0 Å². The molecular weight excluding hydrogens is 486 g/mol.